The van der Waals surface area contributed by atoms with Crippen molar-refractivity contribution in [2.75, 3.05) is 11.9 Å². The van der Waals surface area contributed by atoms with Crippen LogP contribution >= 0.6 is 0 Å². The second kappa shape index (κ2) is 14.9. The van der Waals surface area contributed by atoms with Crippen LogP contribution in [0.4, 0.5) is 11.4 Å². The summed E-state index contributed by atoms with van der Waals surface area (Å²) in [7, 11) is 2.16. The van der Waals surface area contributed by atoms with E-state index in [0.29, 0.717) is 0 Å². The predicted octanol–water partition coefficient (Wildman–Crippen LogP) is 13.5. The van der Waals surface area contributed by atoms with Gasteiger partial charge >= 0.3 is 0 Å². The lowest BCUT2D eigenvalue weighted by molar-refractivity contribution is 0.397. The number of hydrogen-bond acceptors (Lipinski definition) is 1. The Balaban J connectivity index is 1.39. The Morgan fingerprint density at radius 2 is 1.28 bits per heavy atom. The summed E-state index contributed by atoms with van der Waals surface area (Å²) in [6.45, 7) is 6.96. The van der Waals surface area contributed by atoms with Crippen LogP contribution in [-0.2, 0) is 5.41 Å². The molecule has 0 N–H and O–H groups in total. The van der Waals surface area contributed by atoms with E-state index in [4.69, 9.17) is 0 Å². The van der Waals surface area contributed by atoms with Gasteiger partial charge in [-0.1, -0.05) is 131 Å². The van der Waals surface area contributed by atoms with Gasteiger partial charge in [0.1, 0.15) is 0 Å². The maximum absolute atomic E-state index is 2.70. The maximum atomic E-state index is 2.70. The Kier molecular flexibility index (Phi) is 10.5. The number of rotatable bonds is 14. The van der Waals surface area contributed by atoms with E-state index in [1.54, 1.807) is 33.4 Å². The van der Waals surface area contributed by atoms with Gasteiger partial charge in [0.25, 0.3) is 0 Å². The highest BCUT2D eigenvalue weighted by Crippen LogP contribution is 2.57. The minimum Gasteiger partial charge on any atom is -0.345 e. The number of unbranched alkanes of at least 4 members (excludes halogenated alkanes) is 6. The van der Waals surface area contributed by atoms with E-state index in [1.807, 2.05) is 0 Å². The van der Waals surface area contributed by atoms with Gasteiger partial charge in [-0.3, -0.25) is 0 Å². The van der Waals surface area contributed by atoms with E-state index in [9.17, 15) is 0 Å². The minimum absolute atomic E-state index is 0.127. The van der Waals surface area contributed by atoms with Crippen molar-refractivity contribution in [1.29, 1.82) is 0 Å². The monoisotopic (exact) mass is 609 g/mol. The van der Waals surface area contributed by atoms with Gasteiger partial charge in [0.2, 0.25) is 0 Å². The van der Waals surface area contributed by atoms with E-state index in [2.05, 4.69) is 124 Å². The van der Waals surface area contributed by atoms with Crippen LogP contribution in [0.2, 0.25) is 0 Å². The normalized spacial score (nSPS) is 16.8. The molecule has 3 aromatic carbocycles. The Bertz CT molecular complexity index is 1600. The molecule has 3 aliphatic carbocycles. The van der Waals surface area contributed by atoms with Crippen LogP contribution in [0.3, 0.4) is 0 Å². The van der Waals surface area contributed by atoms with Crippen molar-refractivity contribution < 1.29 is 0 Å². The van der Waals surface area contributed by atoms with E-state index in [1.165, 1.54) is 118 Å². The summed E-state index contributed by atoms with van der Waals surface area (Å²) in [5.74, 6) is 0. The third-order valence-electron chi connectivity index (χ3n) is 11.1. The molecule has 0 radical (unpaired) electrons. The second-order valence-corrected chi connectivity index (χ2v) is 14.2. The lowest BCUT2D eigenvalue weighted by Crippen LogP contribution is -2.27. The molecule has 0 saturated carbocycles. The Labute approximate surface area is 279 Å². The van der Waals surface area contributed by atoms with E-state index >= 15 is 0 Å². The zero-order chi connectivity index (χ0) is 31.9. The Morgan fingerprint density at radius 3 is 1.93 bits per heavy atom. The predicted molar refractivity (Wildman–Crippen MR) is 201 cm³/mol. The highest BCUT2D eigenvalue weighted by Gasteiger charge is 2.44. The molecule has 3 aromatic rings. The molecule has 0 fully saturated rings. The first kappa shape index (κ1) is 32.4. The summed E-state index contributed by atoms with van der Waals surface area (Å²) >= 11 is 0. The lowest BCUT2D eigenvalue weighted by Gasteiger charge is -2.35. The lowest BCUT2D eigenvalue weighted by atomic mass is 9.68. The van der Waals surface area contributed by atoms with Gasteiger partial charge in [0.15, 0.2) is 0 Å². The molecule has 240 valence electrons. The van der Waals surface area contributed by atoms with Crippen molar-refractivity contribution in [1.82, 2.24) is 0 Å². The van der Waals surface area contributed by atoms with Crippen LogP contribution in [0.25, 0.3) is 16.7 Å². The SMILES string of the molecule is CCCCCCC1(CCCCCC)C2=C(CCC(C3=CC=C(C)CC3)=C2)c2ccc(-c3ccc(N(C)c4ccccc4)cc3)cc21. The van der Waals surface area contributed by atoms with Gasteiger partial charge in [0, 0.05) is 23.8 Å². The van der Waals surface area contributed by atoms with Gasteiger partial charge < -0.3 is 4.90 Å². The molecular formula is C45H55N. The molecule has 6 rings (SSSR count). The third-order valence-corrected chi connectivity index (χ3v) is 11.1. The molecule has 0 unspecified atom stereocenters. The summed E-state index contributed by atoms with van der Waals surface area (Å²) in [5, 5.41) is 0. The molecule has 1 nitrogen and oxygen atoms in total. The molecule has 3 aliphatic rings. The summed E-state index contributed by atoms with van der Waals surface area (Å²) in [5.41, 5.74) is 16.4. The largest absolute Gasteiger partial charge is 0.345 e. The van der Waals surface area contributed by atoms with Crippen molar-refractivity contribution in [2.45, 2.75) is 116 Å². The number of fused-ring (bicyclic) bond motifs is 2. The number of anilines is 2. The molecule has 1 heteroatoms. The fourth-order valence-corrected chi connectivity index (χ4v) is 8.27. The maximum Gasteiger partial charge on any atom is 0.0408 e. The fraction of sp³-hybridized carbons (Fsp3) is 0.422. The standard InChI is InChI=1S/C45H55N/c1-5-7-9-14-30-45(31-15-10-8-6-2)43-32-37(35-20-18-34(3)19-21-35)24-28-41(43)42-29-25-38(33-44(42)45)36-22-26-40(27-23-36)46(4)39-16-12-11-13-17-39/h11-13,16-18,20,22-23,25-27,29,32-33H,5-10,14-15,19,21,24,28,30-31H2,1-4H3. The first-order valence-corrected chi connectivity index (χ1v) is 18.4. The molecule has 0 amide bonds. The molecule has 0 heterocycles. The highest BCUT2D eigenvalue weighted by atomic mass is 15.1. The topological polar surface area (TPSA) is 3.24 Å². The zero-order valence-corrected chi connectivity index (χ0v) is 29.0. The number of nitrogens with zero attached hydrogens (tertiary/aromatic N) is 1. The van der Waals surface area contributed by atoms with Crippen LogP contribution in [0.1, 0.15) is 122 Å². The Hall–Kier alpha value is -3.58. The van der Waals surface area contributed by atoms with E-state index in [0.717, 1.165) is 0 Å². The molecule has 0 bridgehead atoms. The molecular weight excluding hydrogens is 555 g/mol. The fourth-order valence-electron chi connectivity index (χ4n) is 8.27. The van der Waals surface area contributed by atoms with Crippen molar-refractivity contribution >= 4 is 16.9 Å². The van der Waals surface area contributed by atoms with Crippen LogP contribution < -0.4 is 4.90 Å². The summed E-state index contributed by atoms with van der Waals surface area (Å²) in [6, 6.07) is 27.4. The smallest absolute Gasteiger partial charge is 0.0408 e. The zero-order valence-electron chi connectivity index (χ0n) is 29.0. The molecule has 0 aromatic heterocycles. The molecule has 46 heavy (non-hydrogen) atoms. The van der Waals surface area contributed by atoms with Gasteiger partial charge in [-0.05, 0) is 120 Å². The molecule has 0 saturated heterocycles. The molecule has 0 spiro atoms. The van der Waals surface area contributed by atoms with Crippen LogP contribution in [0.5, 0.6) is 0 Å². The van der Waals surface area contributed by atoms with Crippen molar-refractivity contribution in [3.63, 3.8) is 0 Å². The van der Waals surface area contributed by atoms with Crippen molar-refractivity contribution in [3.8, 4) is 11.1 Å². The van der Waals surface area contributed by atoms with Gasteiger partial charge in [0.05, 0.1) is 0 Å². The van der Waals surface area contributed by atoms with Gasteiger partial charge in [-0.2, -0.15) is 0 Å². The quantitative estimate of drug-likeness (QED) is 0.164. The van der Waals surface area contributed by atoms with E-state index in [-0.39, 0.29) is 5.41 Å². The summed E-state index contributed by atoms with van der Waals surface area (Å²) < 4.78 is 0. The molecule has 0 aliphatic heterocycles. The Morgan fingerprint density at radius 1 is 0.630 bits per heavy atom. The van der Waals surface area contributed by atoms with Crippen molar-refractivity contribution in [2.24, 2.45) is 0 Å². The number of allylic oxidation sites excluding steroid dienone is 8. The van der Waals surface area contributed by atoms with Crippen molar-refractivity contribution in [3.05, 3.63) is 124 Å². The minimum atomic E-state index is 0.127. The first-order valence-electron chi connectivity index (χ1n) is 18.4. The number of benzene rings is 3. The van der Waals surface area contributed by atoms with Gasteiger partial charge in [-0.25, -0.2) is 0 Å². The van der Waals surface area contributed by atoms with E-state index < -0.39 is 0 Å². The summed E-state index contributed by atoms with van der Waals surface area (Å²) in [6.07, 6.45) is 25.4. The second-order valence-electron chi connectivity index (χ2n) is 14.2. The van der Waals surface area contributed by atoms with Crippen LogP contribution in [-0.4, -0.2) is 7.05 Å². The number of hydrogen-bond donors (Lipinski definition) is 0. The summed E-state index contributed by atoms with van der Waals surface area (Å²) in [4.78, 5) is 2.27. The number of para-hydroxylation sites is 1. The van der Waals surface area contributed by atoms with Crippen LogP contribution in [0.15, 0.2) is 113 Å². The highest BCUT2D eigenvalue weighted by molar-refractivity contribution is 5.86. The third kappa shape index (κ3) is 6.76. The van der Waals surface area contributed by atoms with Crippen LogP contribution in [0, 0.1) is 0 Å². The van der Waals surface area contributed by atoms with Gasteiger partial charge in [-0.15, -0.1) is 0 Å². The average Bonchev–Trinajstić information content (AvgIpc) is 3.37. The molecule has 0 atom stereocenters. The average molecular weight is 610 g/mol. The first-order chi connectivity index (χ1) is 22.5.